The number of aromatic nitrogens is 3. The minimum atomic E-state index is -0.547. The van der Waals surface area contributed by atoms with Crippen LogP contribution >= 0.6 is 11.8 Å². The highest BCUT2D eigenvalue weighted by atomic mass is 32.2. The number of nitriles is 1. The van der Waals surface area contributed by atoms with Gasteiger partial charge in [-0.25, -0.2) is 15.0 Å². The van der Waals surface area contributed by atoms with Crippen LogP contribution < -0.4 is 0 Å². The topological polar surface area (TPSA) is 62.5 Å². The van der Waals surface area contributed by atoms with Crippen molar-refractivity contribution in [2.24, 2.45) is 0 Å². The molecule has 0 saturated heterocycles. The van der Waals surface area contributed by atoms with E-state index < -0.39 is 5.41 Å². The molecule has 1 aliphatic heterocycles. The summed E-state index contributed by atoms with van der Waals surface area (Å²) in [6, 6.07) is 70.6. The molecule has 270 valence electrons. The second kappa shape index (κ2) is 13.7. The molecule has 0 atom stereocenters. The van der Waals surface area contributed by atoms with Crippen LogP contribution in [-0.4, -0.2) is 15.0 Å². The van der Waals surface area contributed by atoms with E-state index >= 15 is 0 Å². The van der Waals surface area contributed by atoms with Gasteiger partial charge in [0.1, 0.15) is 0 Å². The van der Waals surface area contributed by atoms with Gasteiger partial charge in [0.2, 0.25) is 0 Å². The summed E-state index contributed by atoms with van der Waals surface area (Å²) in [5.41, 5.74) is 14.9. The standard InChI is InChI=1S/C53H32N4S/c54-33-34-12-11-17-39(30-34)41-27-29-49-47(32-41)53(44-20-9-7-18-42(44)43-19-8-10-21-45(43)53)46-31-40(26-28-48(46)58-49)35-22-24-38(25-23-35)52-56-50(36-13-3-1-4-14-36)55-51(57-52)37-15-5-2-6-16-37/h1-32H. The molecule has 0 unspecified atom stereocenters. The third-order valence-electron chi connectivity index (χ3n) is 11.4. The predicted octanol–water partition coefficient (Wildman–Crippen LogP) is 12.9. The quantitative estimate of drug-likeness (QED) is 0.175. The van der Waals surface area contributed by atoms with Gasteiger partial charge in [0.15, 0.2) is 17.5 Å². The molecule has 58 heavy (non-hydrogen) atoms. The number of benzene rings is 8. The smallest absolute Gasteiger partial charge is 0.164 e. The highest BCUT2D eigenvalue weighted by Crippen LogP contribution is 2.62. The van der Waals surface area contributed by atoms with Crippen LogP contribution in [0.15, 0.2) is 204 Å². The van der Waals surface area contributed by atoms with Gasteiger partial charge in [-0.05, 0) is 92.0 Å². The Hall–Kier alpha value is -7.39. The Kier molecular flexibility index (Phi) is 7.99. The van der Waals surface area contributed by atoms with E-state index in [2.05, 4.69) is 121 Å². The fraction of sp³-hybridized carbons (Fsp3) is 0.0189. The molecule has 0 saturated carbocycles. The summed E-state index contributed by atoms with van der Waals surface area (Å²) in [5.74, 6) is 1.92. The van der Waals surface area contributed by atoms with Crippen molar-refractivity contribution < 1.29 is 0 Å². The van der Waals surface area contributed by atoms with Gasteiger partial charge in [-0.1, -0.05) is 169 Å². The molecule has 1 aliphatic carbocycles. The van der Waals surface area contributed by atoms with Gasteiger partial charge in [-0.3, -0.25) is 0 Å². The molecule has 5 heteroatoms. The number of rotatable bonds is 5. The van der Waals surface area contributed by atoms with E-state index in [-0.39, 0.29) is 0 Å². The molecule has 0 fully saturated rings. The highest BCUT2D eigenvalue weighted by molar-refractivity contribution is 7.99. The van der Waals surface area contributed by atoms with E-state index in [1.165, 1.54) is 43.2 Å². The van der Waals surface area contributed by atoms with E-state index in [0.717, 1.165) is 38.9 Å². The SMILES string of the molecule is N#Cc1cccc(-c2ccc3c(c2)C2(c4cc(-c5ccc(-c6nc(-c7ccccc7)nc(-c7ccccc7)n6)cc5)ccc4S3)c3ccccc3-c3ccccc32)c1. The maximum atomic E-state index is 9.74. The first-order valence-corrected chi connectivity index (χ1v) is 20.1. The van der Waals surface area contributed by atoms with E-state index in [1.807, 2.05) is 90.6 Å². The normalized spacial score (nSPS) is 12.9. The van der Waals surface area contributed by atoms with E-state index in [9.17, 15) is 5.26 Å². The van der Waals surface area contributed by atoms with Crippen LogP contribution in [0.3, 0.4) is 0 Å². The average molecular weight is 757 g/mol. The Bertz CT molecular complexity index is 2990. The average Bonchev–Trinajstić information content (AvgIpc) is 3.60. The van der Waals surface area contributed by atoms with E-state index in [1.54, 1.807) is 0 Å². The summed E-state index contributed by atoms with van der Waals surface area (Å²) in [4.78, 5) is 17.3. The van der Waals surface area contributed by atoms with Gasteiger partial charge in [0, 0.05) is 26.5 Å². The molecule has 0 radical (unpaired) electrons. The number of hydrogen-bond donors (Lipinski definition) is 0. The monoisotopic (exact) mass is 756 g/mol. The Morgan fingerprint density at radius 3 is 1.31 bits per heavy atom. The van der Waals surface area contributed by atoms with Crippen LogP contribution in [0.2, 0.25) is 0 Å². The molecule has 0 N–H and O–H groups in total. The van der Waals surface area contributed by atoms with Crippen molar-refractivity contribution in [3.05, 3.63) is 222 Å². The Morgan fingerprint density at radius 1 is 0.362 bits per heavy atom. The minimum Gasteiger partial charge on any atom is -0.208 e. The number of hydrogen-bond acceptors (Lipinski definition) is 5. The molecule has 8 aromatic carbocycles. The first kappa shape index (κ1) is 33.9. The van der Waals surface area contributed by atoms with Crippen molar-refractivity contribution in [2.75, 3.05) is 0 Å². The van der Waals surface area contributed by atoms with E-state index in [4.69, 9.17) is 15.0 Å². The van der Waals surface area contributed by atoms with Crippen LogP contribution in [-0.2, 0) is 5.41 Å². The molecule has 4 nitrogen and oxygen atoms in total. The molecule has 9 aromatic rings. The molecule has 11 rings (SSSR count). The summed E-state index contributed by atoms with van der Waals surface area (Å²) >= 11 is 1.83. The summed E-state index contributed by atoms with van der Waals surface area (Å²) in [6.45, 7) is 0. The zero-order valence-electron chi connectivity index (χ0n) is 31.2. The Balaban J connectivity index is 1.06. The van der Waals surface area contributed by atoms with Crippen LogP contribution in [0, 0.1) is 11.3 Å². The fourth-order valence-electron chi connectivity index (χ4n) is 8.78. The van der Waals surface area contributed by atoms with E-state index in [0.29, 0.717) is 23.0 Å². The molecule has 1 aromatic heterocycles. The van der Waals surface area contributed by atoms with Crippen molar-refractivity contribution in [1.29, 1.82) is 5.26 Å². The molecule has 0 amide bonds. The van der Waals surface area contributed by atoms with Crippen molar-refractivity contribution in [1.82, 2.24) is 15.0 Å². The minimum absolute atomic E-state index is 0.547. The lowest BCUT2D eigenvalue weighted by molar-refractivity contribution is 0.723. The van der Waals surface area contributed by atoms with Crippen LogP contribution in [0.4, 0.5) is 0 Å². The van der Waals surface area contributed by atoms with Crippen molar-refractivity contribution in [2.45, 2.75) is 15.2 Å². The van der Waals surface area contributed by atoms with Gasteiger partial charge in [-0.2, -0.15) is 5.26 Å². The molecule has 2 aliphatic rings. The van der Waals surface area contributed by atoms with Crippen molar-refractivity contribution >= 4 is 11.8 Å². The third-order valence-corrected chi connectivity index (χ3v) is 12.6. The zero-order valence-corrected chi connectivity index (χ0v) is 32.0. The lowest BCUT2D eigenvalue weighted by atomic mass is 9.66. The molecular formula is C53H32N4S. The van der Waals surface area contributed by atoms with Gasteiger partial charge in [0.25, 0.3) is 0 Å². The second-order valence-corrected chi connectivity index (χ2v) is 15.8. The first-order chi connectivity index (χ1) is 28.7. The first-order valence-electron chi connectivity index (χ1n) is 19.3. The zero-order chi connectivity index (χ0) is 38.6. The van der Waals surface area contributed by atoms with Crippen LogP contribution in [0.1, 0.15) is 27.8 Å². The number of nitrogens with zero attached hydrogens (tertiary/aromatic N) is 4. The lowest BCUT2D eigenvalue weighted by Gasteiger charge is -2.40. The predicted molar refractivity (Wildman–Crippen MR) is 233 cm³/mol. The molecule has 2 heterocycles. The Morgan fingerprint density at radius 2 is 0.776 bits per heavy atom. The second-order valence-electron chi connectivity index (χ2n) is 14.7. The van der Waals surface area contributed by atoms with Crippen molar-refractivity contribution in [3.8, 4) is 73.6 Å². The van der Waals surface area contributed by atoms with Gasteiger partial charge in [0.05, 0.1) is 17.0 Å². The molecule has 0 bridgehead atoms. The Labute approximate surface area is 341 Å². The number of fused-ring (bicyclic) bond motifs is 9. The largest absolute Gasteiger partial charge is 0.208 e. The van der Waals surface area contributed by atoms with Gasteiger partial charge >= 0.3 is 0 Å². The summed E-state index contributed by atoms with van der Waals surface area (Å²) in [6.07, 6.45) is 0. The summed E-state index contributed by atoms with van der Waals surface area (Å²) in [7, 11) is 0. The van der Waals surface area contributed by atoms with Crippen LogP contribution in [0.25, 0.3) is 67.5 Å². The highest BCUT2D eigenvalue weighted by Gasteiger charge is 2.50. The maximum absolute atomic E-state index is 9.74. The maximum Gasteiger partial charge on any atom is 0.164 e. The molecule has 1 spiro atoms. The summed E-state index contributed by atoms with van der Waals surface area (Å²) in [5, 5.41) is 9.74. The lowest BCUT2D eigenvalue weighted by Crippen LogP contribution is -2.32. The fourth-order valence-corrected chi connectivity index (χ4v) is 9.93. The summed E-state index contributed by atoms with van der Waals surface area (Å²) < 4.78 is 0. The third kappa shape index (κ3) is 5.42. The van der Waals surface area contributed by atoms with Gasteiger partial charge in [-0.15, -0.1) is 0 Å². The molecular weight excluding hydrogens is 725 g/mol. The van der Waals surface area contributed by atoms with Crippen molar-refractivity contribution in [3.63, 3.8) is 0 Å². The van der Waals surface area contributed by atoms with Gasteiger partial charge < -0.3 is 0 Å². The van der Waals surface area contributed by atoms with Crippen LogP contribution in [0.5, 0.6) is 0 Å².